The van der Waals surface area contributed by atoms with Crippen LogP contribution in [-0.4, -0.2) is 29.8 Å². The van der Waals surface area contributed by atoms with Crippen molar-refractivity contribution in [2.24, 2.45) is 7.05 Å². The molecule has 114 valence electrons. The van der Waals surface area contributed by atoms with Crippen molar-refractivity contribution in [2.75, 3.05) is 6.54 Å². The minimum atomic E-state index is -3.59. The third kappa shape index (κ3) is 3.91. The average Bonchev–Trinajstić information content (AvgIpc) is 2.83. The lowest BCUT2D eigenvalue weighted by Crippen LogP contribution is -2.26. The molecular formula is C13H16BrN3O3S. The minimum Gasteiger partial charge on any atom is -0.392 e. The number of hydrogen-bond donors (Lipinski definition) is 2. The summed E-state index contributed by atoms with van der Waals surface area (Å²) in [5, 5.41) is 13.1. The smallest absolute Gasteiger partial charge is 0.241 e. The summed E-state index contributed by atoms with van der Waals surface area (Å²) in [6.07, 6.45) is 2.23. The number of nitrogens with zero attached hydrogens (tertiary/aromatic N) is 2. The van der Waals surface area contributed by atoms with Gasteiger partial charge in [-0.05, 0) is 39.7 Å². The molecule has 2 rings (SSSR count). The fraction of sp³-hybridized carbons (Fsp3) is 0.308. The van der Waals surface area contributed by atoms with Gasteiger partial charge in [-0.25, -0.2) is 13.1 Å². The van der Waals surface area contributed by atoms with E-state index in [1.807, 2.05) is 13.1 Å². The predicted octanol–water partition coefficient (Wildman–Crippen LogP) is 1.20. The number of benzene rings is 1. The first kappa shape index (κ1) is 16.2. The van der Waals surface area contributed by atoms with E-state index in [1.165, 1.54) is 6.07 Å². The first-order chi connectivity index (χ1) is 9.94. The number of aromatic nitrogens is 2. The first-order valence-electron chi connectivity index (χ1n) is 6.30. The Labute approximate surface area is 132 Å². The molecule has 0 saturated carbocycles. The van der Waals surface area contributed by atoms with Crippen molar-refractivity contribution >= 4 is 26.0 Å². The molecular weight excluding hydrogens is 358 g/mol. The summed E-state index contributed by atoms with van der Waals surface area (Å²) in [4.78, 5) is 0.157. The summed E-state index contributed by atoms with van der Waals surface area (Å²) in [7, 11) is -1.78. The number of aliphatic hydroxyl groups is 1. The quantitative estimate of drug-likeness (QED) is 0.796. The van der Waals surface area contributed by atoms with Crippen molar-refractivity contribution in [3.63, 3.8) is 0 Å². The molecule has 0 atom stereocenters. The number of sulfonamides is 1. The van der Waals surface area contributed by atoms with Crippen LogP contribution in [-0.2, 0) is 30.1 Å². The Hall–Kier alpha value is -1.22. The van der Waals surface area contributed by atoms with Gasteiger partial charge in [0.15, 0.2) is 0 Å². The second-order valence-electron chi connectivity index (χ2n) is 4.52. The van der Waals surface area contributed by atoms with Crippen LogP contribution in [0.15, 0.2) is 39.8 Å². The average molecular weight is 374 g/mol. The van der Waals surface area contributed by atoms with Gasteiger partial charge in [0.2, 0.25) is 10.0 Å². The Morgan fingerprint density at radius 2 is 2.14 bits per heavy atom. The van der Waals surface area contributed by atoms with Crippen molar-refractivity contribution in [2.45, 2.75) is 17.9 Å². The number of hydrogen-bond acceptors (Lipinski definition) is 4. The number of aliphatic hydroxyl groups excluding tert-OH is 1. The van der Waals surface area contributed by atoms with E-state index in [-0.39, 0.29) is 18.0 Å². The topological polar surface area (TPSA) is 84.2 Å². The van der Waals surface area contributed by atoms with E-state index in [0.29, 0.717) is 16.5 Å². The van der Waals surface area contributed by atoms with Crippen LogP contribution in [0.1, 0.15) is 11.3 Å². The van der Waals surface area contributed by atoms with Gasteiger partial charge < -0.3 is 5.11 Å². The Morgan fingerprint density at radius 1 is 1.38 bits per heavy atom. The zero-order valence-electron chi connectivity index (χ0n) is 11.5. The molecule has 0 fully saturated rings. The Kier molecular flexibility index (Phi) is 5.15. The lowest BCUT2D eigenvalue weighted by Gasteiger charge is -2.09. The lowest BCUT2D eigenvalue weighted by atomic mass is 10.2. The maximum absolute atomic E-state index is 12.2. The zero-order valence-corrected chi connectivity index (χ0v) is 13.9. The number of rotatable bonds is 6. The van der Waals surface area contributed by atoms with Crippen LogP contribution in [0.2, 0.25) is 0 Å². The summed E-state index contributed by atoms with van der Waals surface area (Å²) in [5.41, 5.74) is 1.60. The van der Waals surface area contributed by atoms with Crippen LogP contribution in [0.25, 0.3) is 0 Å². The van der Waals surface area contributed by atoms with Crippen LogP contribution < -0.4 is 4.72 Å². The predicted molar refractivity (Wildman–Crippen MR) is 82.2 cm³/mol. The lowest BCUT2D eigenvalue weighted by molar-refractivity contribution is 0.281. The molecule has 1 aromatic heterocycles. The van der Waals surface area contributed by atoms with Crippen LogP contribution in [0.5, 0.6) is 0 Å². The van der Waals surface area contributed by atoms with E-state index in [1.54, 1.807) is 23.0 Å². The van der Waals surface area contributed by atoms with Gasteiger partial charge in [0.1, 0.15) is 0 Å². The summed E-state index contributed by atoms with van der Waals surface area (Å²) in [6.45, 7) is 0.156. The molecule has 8 heteroatoms. The number of aryl methyl sites for hydroxylation is 1. The molecule has 0 aliphatic heterocycles. The highest BCUT2D eigenvalue weighted by atomic mass is 79.9. The summed E-state index contributed by atoms with van der Waals surface area (Å²) < 4.78 is 29.2. The Bertz CT molecular complexity index is 728. The highest BCUT2D eigenvalue weighted by Gasteiger charge is 2.17. The molecule has 0 bridgehead atoms. The van der Waals surface area contributed by atoms with Gasteiger partial charge >= 0.3 is 0 Å². The molecule has 0 aliphatic carbocycles. The van der Waals surface area contributed by atoms with E-state index in [9.17, 15) is 8.42 Å². The van der Waals surface area contributed by atoms with Crippen LogP contribution in [0, 0.1) is 0 Å². The molecule has 0 spiro atoms. The molecule has 21 heavy (non-hydrogen) atoms. The molecule has 2 N–H and O–H groups in total. The van der Waals surface area contributed by atoms with E-state index in [2.05, 4.69) is 25.8 Å². The van der Waals surface area contributed by atoms with Crippen molar-refractivity contribution in [1.29, 1.82) is 0 Å². The summed E-state index contributed by atoms with van der Waals surface area (Å²) in [5.74, 6) is 0. The van der Waals surface area contributed by atoms with Crippen molar-refractivity contribution in [1.82, 2.24) is 14.5 Å². The van der Waals surface area contributed by atoms with Gasteiger partial charge in [-0.1, -0.05) is 6.07 Å². The second-order valence-corrected chi connectivity index (χ2v) is 7.11. The minimum absolute atomic E-state index is 0.132. The molecule has 6 nitrogen and oxygen atoms in total. The molecule has 0 saturated heterocycles. The number of nitrogens with one attached hydrogen (secondary N) is 1. The van der Waals surface area contributed by atoms with Crippen molar-refractivity contribution in [3.05, 3.63) is 46.2 Å². The third-order valence-electron chi connectivity index (χ3n) is 3.06. The van der Waals surface area contributed by atoms with Gasteiger partial charge in [0.05, 0.1) is 11.5 Å². The first-order valence-corrected chi connectivity index (χ1v) is 8.57. The standard InChI is InChI=1S/C13H16BrN3O3S/c1-17-11(4-6-15-17)5-7-16-21(19,20)13-3-2-10(9-18)8-12(13)14/h2-4,6,8,16,18H,5,7,9H2,1H3. The summed E-state index contributed by atoms with van der Waals surface area (Å²) >= 11 is 3.22. The molecule has 1 aromatic carbocycles. The van der Waals surface area contributed by atoms with Gasteiger partial charge in [-0.15, -0.1) is 0 Å². The molecule has 0 amide bonds. The SMILES string of the molecule is Cn1nccc1CCNS(=O)(=O)c1ccc(CO)cc1Br. The molecule has 2 aromatic rings. The van der Waals surface area contributed by atoms with E-state index in [4.69, 9.17) is 5.11 Å². The van der Waals surface area contributed by atoms with Crippen molar-refractivity contribution < 1.29 is 13.5 Å². The molecule has 0 unspecified atom stereocenters. The zero-order chi connectivity index (χ0) is 15.5. The van der Waals surface area contributed by atoms with E-state index >= 15 is 0 Å². The van der Waals surface area contributed by atoms with Gasteiger partial charge in [0, 0.05) is 36.4 Å². The Morgan fingerprint density at radius 3 is 2.71 bits per heavy atom. The van der Waals surface area contributed by atoms with Gasteiger partial charge in [-0.3, -0.25) is 4.68 Å². The monoisotopic (exact) mass is 373 g/mol. The van der Waals surface area contributed by atoms with Crippen LogP contribution >= 0.6 is 15.9 Å². The maximum Gasteiger partial charge on any atom is 0.241 e. The molecule has 1 heterocycles. The second kappa shape index (κ2) is 6.69. The van der Waals surface area contributed by atoms with Crippen molar-refractivity contribution in [3.8, 4) is 0 Å². The van der Waals surface area contributed by atoms with Gasteiger partial charge in [0.25, 0.3) is 0 Å². The largest absolute Gasteiger partial charge is 0.392 e. The fourth-order valence-corrected chi connectivity index (χ4v) is 4.05. The highest BCUT2D eigenvalue weighted by molar-refractivity contribution is 9.10. The highest BCUT2D eigenvalue weighted by Crippen LogP contribution is 2.23. The number of halogens is 1. The molecule has 0 aliphatic rings. The van der Waals surface area contributed by atoms with E-state index in [0.717, 1.165) is 5.69 Å². The van der Waals surface area contributed by atoms with Crippen LogP contribution in [0.3, 0.4) is 0 Å². The maximum atomic E-state index is 12.2. The van der Waals surface area contributed by atoms with Crippen LogP contribution in [0.4, 0.5) is 0 Å². The van der Waals surface area contributed by atoms with E-state index < -0.39 is 10.0 Å². The van der Waals surface area contributed by atoms with Gasteiger partial charge in [-0.2, -0.15) is 5.10 Å². The third-order valence-corrected chi connectivity index (χ3v) is 5.50. The fourth-order valence-electron chi connectivity index (χ4n) is 1.90. The summed E-state index contributed by atoms with van der Waals surface area (Å²) in [6, 6.07) is 6.50. The molecule has 0 radical (unpaired) electrons. The normalized spacial score (nSPS) is 11.8. The Balaban J connectivity index is 2.06.